The molecular weight excluding hydrogens is 362 g/mol. The summed E-state index contributed by atoms with van der Waals surface area (Å²) in [6, 6.07) is 16.7. The summed E-state index contributed by atoms with van der Waals surface area (Å²) in [6.45, 7) is 0.492. The first-order valence-electron chi connectivity index (χ1n) is 8.83. The summed E-state index contributed by atoms with van der Waals surface area (Å²) in [6.07, 6.45) is 4.59. The Kier molecular flexibility index (Phi) is 6.49. The zero-order chi connectivity index (χ0) is 19.1. The van der Waals surface area contributed by atoms with Gasteiger partial charge in [0.1, 0.15) is 17.6 Å². The monoisotopic (exact) mass is 383 g/mol. The van der Waals surface area contributed by atoms with Gasteiger partial charge < -0.3 is 14.6 Å². The summed E-state index contributed by atoms with van der Waals surface area (Å²) in [5.41, 5.74) is 0.933. The molecule has 0 aliphatic heterocycles. The van der Waals surface area contributed by atoms with Crippen molar-refractivity contribution in [3.05, 3.63) is 83.4 Å². The minimum Gasteiger partial charge on any atom is -0.494 e. The van der Waals surface area contributed by atoms with Gasteiger partial charge in [0.25, 0.3) is 0 Å². The highest BCUT2D eigenvalue weighted by Gasteiger charge is 2.20. The average Bonchev–Trinajstić information content (AvgIpc) is 3.11. The van der Waals surface area contributed by atoms with Gasteiger partial charge in [-0.05, 0) is 36.2 Å². The first-order chi connectivity index (χ1) is 13.1. The molecule has 3 aromatic rings. The lowest BCUT2D eigenvalue weighted by Gasteiger charge is -2.19. The Bertz CT molecular complexity index is 863. The van der Waals surface area contributed by atoms with Crippen LogP contribution in [0.2, 0.25) is 5.02 Å². The van der Waals surface area contributed by atoms with Gasteiger partial charge >= 0.3 is 0 Å². The highest BCUT2D eigenvalue weighted by Crippen LogP contribution is 2.22. The van der Waals surface area contributed by atoms with Crippen LogP contribution < -0.4 is 10.1 Å². The van der Waals surface area contributed by atoms with Gasteiger partial charge in [0.2, 0.25) is 5.91 Å². The lowest BCUT2D eigenvalue weighted by Crippen LogP contribution is -2.31. The zero-order valence-electron chi connectivity index (χ0n) is 15.1. The lowest BCUT2D eigenvalue weighted by atomic mass is 10.1. The maximum absolute atomic E-state index is 12.5. The second-order valence-electron chi connectivity index (χ2n) is 6.21. The molecule has 0 unspecified atom stereocenters. The van der Waals surface area contributed by atoms with E-state index >= 15 is 0 Å². The number of para-hydroxylation sites is 1. The van der Waals surface area contributed by atoms with Crippen molar-refractivity contribution in [2.24, 2.45) is 7.05 Å². The summed E-state index contributed by atoms with van der Waals surface area (Å²) in [7, 11) is 1.91. The van der Waals surface area contributed by atoms with E-state index in [0.717, 1.165) is 17.1 Å². The van der Waals surface area contributed by atoms with Crippen molar-refractivity contribution in [2.45, 2.75) is 18.9 Å². The molecule has 0 aliphatic carbocycles. The number of benzene rings is 2. The fourth-order valence-corrected chi connectivity index (χ4v) is 2.91. The van der Waals surface area contributed by atoms with Gasteiger partial charge in [0.05, 0.1) is 6.61 Å². The number of hydrogen-bond donors (Lipinski definition) is 1. The average molecular weight is 384 g/mol. The second kappa shape index (κ2) is 9.24. The van der Waals surface area contributed by atoms with Crippen molar-refractivity contribution in [3.63, 3.8) is 0 Å². The first-order valence-corrected chi connectivity index (χ1v) is 9.21. The van der Waals surface area contributed by atoms with Crippen LogP contribution in [0.4, 0.5) is 0 Å². The number of nitrogens with zero attached hydrogens (tertiary/aromatic N) is 2. The molecule has 0 aliphatic rings. The number of nitrogens with one attached hydrogen (secondary N) is 1. The van der Waals surface area contributed by atoms with Crippen LogP contribution in [0.3, 0.4) is 0 Å². The number of amides is 1. The summed E-state index contributed by atoms with van der Waals surface area (Å²) >= 11 is 5.99. The Morgan fingerprint density at radius 2 is 1.93 bits per heavy atom. The largest absolute Gasteiger partial charge is 0.494 e. The quantitative estimate of drug-likeness (QED) is 0.595. The van der Waals surface area contributed by atoms with E-state index in [1.165, 1.54) is 0 Å². The summed E-state index contributed by atoms with van der Waals surface area (Å²) in [4.78, 5) is 16.9. The van der Waals surface area contributed by atoms with Crippen LogP contribution in [-0.4, -0.2) is 22.1 Å². The number of rotatable bonds is 8. The van der Waals surface area contributed by atoms with Crippen molar-refractivity contribution in [3.8, 4) is 5.75 Å². The number of imidazole rings is 1. The van der Waals surface area contributed by atoms with Crippen molar-refractivity contribution in [1.29, 1.82) is 0 Å². The normalized spacial score (nSPS) is 11.8. The predicted octanol–water partition coefficient (Wildman–Crippen LogP) is 4.14. The van der Waals surface area contributed by atoms with E-state index in [2.05, 4.69) is 10.3 Å². The number of carbonyl (C=O) groups is 1. The van der Waals surface area contributed by atoms with Gasteiger partial charge in [-0.3, -0.25) is 4.79 Å². The Balaban J connectivity index is 1.59. The number of aryl methyl sites for hydroxylation is 1. The molecule has 140 valence electrons. The molecule has 1 atom stereocenters. The van der Waals surface area contributed by atoms with E-state index in [-0.39, 0.29) is 11.9 Å². The lowest BCUT2D eigenvalue weighted by molar-refractivity contribution is -0.121. The number of carbonyl (C=O) groups excluding carboxylic acids is 1. The zero-order valence-corrected chi connectivity index (χ0v) is 15.9. The molecule has 27 heavy (non-hydrogen) atoms. The van der Waals surface area contributed by atoms with E-state index in [9.17, 15) is 4.79 Å². The molecule has 0 saturated heterocycles. The number of hydrogen-bond acceptors (Lipinski definition) is 3. The molecule has 6 heteroatoms. The van der Waals surface area contributed by atoms with Crippen molar-refractivity contribution >= 4 is 17.5 Å². The highest BCUT2D eigenvalue weighted by molar-refractivity contribution is 6.30. The van der Waals surface area contributed by atoms with Crippen molar-refractivity contribution in [1.82, 2.24) is 14.9 Å². The standard InChI is InChI=1S/C21H22ClN3O2/c1-25-14-13-23-21(25)20(16-9-11-17(22)12-10-16)24-19(26)8-5-15-27-18-6-3-2-4-7-18/h2-4,6-7,9-14,20H,5,8,15H2,1H3,(H,24,26)/t20-/m1/s1. The second-order valence-corrected chi connectivity index (χ2v) is 6.65. The number of ether oxygens (including phenoxy) is 1. The van der Waals surface area contributed by atoms with Crippen LogP contribution in [0.1, 0.15) is 30.3 Å². The van der Waals surface area contributed by atoms with Crippen LogP contribution in [0.25, 0.3) is 0 Å². The summed E-state index contributed by atoms with van der Waals surface area (Å²) in [5, 5.41) is 3.73. The van der Waals surface area contributed by atoms with Crippen molar-refractivity contribution in [2.75, 3.05) is 6.61 Å². The molecule has 0 bridgehead atoms. The van der Waals surface area contributed by atoms with Crippen LogP contribution in [-0.2, 0) is 11.8 Å². The van der Waals surface area contributed by atoms with Gasteiger partial charge in [0.15, 0.2) is 0 Å². The molecule has 1 aromatic heterocycles. The molecule has 0 spiro atoms. The Hall–Kier alpha value is -2.79. The fourth-order valence-electron chi connectivity index (χ4n) is 2.78. The minimum absolute atomic E-state index is 0.0467. The van der Waals surface area contributed by atoms with E-state index < -0.39 is 0 Å². The van der Waals surface area contributed by atoms with Crippen LogP contribution in [0.15, 0.2) is 67.0 Å². The predicted molar refractivity (Wildman–Crippen MR) is 106 cm³/mol. The van der Waals surface area contributed by atoms with E-state index in [4.69, 9.17) is 16.3 Å². The third-order valence-electron chi connectivity index (χ3n) is 4.19. The van der Waals surface area contributed by atoms with Gasteiger partial charge in [-0.15, -0.1) is 0 Å². The molecule has 2 aromatic carbocycles. The molecule has 1 N–H and O–H groups in total. The number of aromatic nitrogens is 2. The molecule has 1 amide bonds. The van der Waals surface area contributed by atoms with Crippen LogP contribution in [0.5, 0.6) is 5.75 Å². The topological polar surface area (TPSA) is 56.2 Å². The minimum atomic E-state index is -0.329. The Morgan fingerprint density at radius 1 is 1.19 bits per heavy atom. The van der Waals surface area contributed by atoms with Gasteiger partial charge in [0, 0.05) is 30.9 Å². The molecule has 5 nitrogen and oxygen atoms in total. The maximum Gasteiger partial charge on any atom is 0.220 e. The summed E-state index contributed by atoms with van der Waals surface area (Å²) in [5.74, 6) is 1.53. The molecule has 0 fully saturated rings. The molecule has 3 rings (SSSR count). The third-order valence-corrected chi connectivity index (χ3v) is 4.44. The molecule has 0 radical (unpaired) electrons. The fraction of sp³-hybridized carbons (Fsp3) is 0.238. The molecule has 1 heterocycles. The smallest absolute Gasteiger partial charge is 0.220 e. The van der Waals surface area contributed by atoms with Crippen LogP contribution in [0, 0.1) is 0 Å². The van der Waals surface area contributed by atoms with Gasteiger partial charge in [-0.1, -0.05) is 41.9 Å². The SMILES string of the molecule is Cn1ccnc1[C@H](NC(=O)CCCOc1ccccc1)c1ccc(Cl)cc1. The Labute approximate surface area is 164 Å². The van der Waals surface area contributed by atoms with Gasteiger partial charge in [-0.25, -0.2) is 4.98 Å². The molecule has 0 saturated carbocycles. The van der Waals surface area contributed by atoms with Crippen LogP contribution >= 0.6 is 11.6 Å². The maximum atomic E-state index is 12.5. The van der Waals surface area contributed by atoms with E-state index in [1.807, 2.05) is 72.4 Å². The van der Waals surface area contributed by atoms with Crippen molar-refractivity contribution < 1.29 is 9.53 Å². The number of halogens is 1. The van der Waals surface area contributed by atoms with E-state index in [1.54, 1.807) is 6.20 Å². The van der Waals surface area contributed by atoms with Gasteiger partial charge in [-0.2, -0.15) is 0 Å². The Morgan fingerprint density at radius 3 is 2.59 bits per heavy atom. The molecular formula is C21H22ClN3O2. The van der Waals surface area contributed by atoms with E-state index in [0.29, 0.717) is 24.5 Å². The summed E-state index contributed by atoms with van der Waals surface area (Å²) < 4.78 is 7.54. The highest BCUT2D eigenvalue weighted by atomic mass is 35.5. The third kappa shape index (κ3) is 5.34. The first kappa shape index (κ1) is 19.0.